The first-order valence-electron chi connectivity index (χ1n) is 11.2. The maximum absolute atomic E-state index is 12.9. The van der Waals surface area contributed by atoms with Gasteiger partial charge in [0.05, 0.1) is 24.3 Å². The molecule has 1 aromatic heterocycles. The second-order valence-corrected chi connectivity index (χ2v) is 10.2. The van der Waals surface area contributed by atoms with E-state index in [9.17, 15) is 10.1 Å². The Kier molecular flexibility index (Phi) is 5.50. The minimum atomic E-state index is -0.579. The average Bonchev–Trinajstić information content (AvgIpc) is 3.28. The summed E-state index contributed by atoms with van der Waals surface area (Å²) in [6.45, 7) is 13.4. The van der Waals surface area contributed by atoms with Crippen molar-refractivity contribution >= 4 is 17.0 Å². The minimum Gasteiger partial charge on any atom is -0.496 e. The van der Waals surface area contributed by atoms with E-state index in [0.717, 1.165) is 34.3 Å². The lowest BCUT2D eigenvalue weighted by molar-refractivity contribution is 0.0544. The topological polar surface area (TPSA) is 67.5 Å². The highest BCUT2D eigenvalue weighted by molar-refractivity contribution is 5.95. The second kappa shape index (κ2) is 7.93. The Morgan fingerprint density at radius 1 is 1.21 bits per heavy atom. The van der Waals surface area contributed by atoms with Gasteiger partial charge in [0.25, 0.3) is 0 Å². The van der Waals surface area contributed by atoms with Gasteiger partial charge in [-0.1, -0.05) is 6.07 Å². The summed E-state index contributed by atoms with van der Waals surface area (Å²) in [6.07, 6.45) is 1.38. The molecule has 3 aromatic rings. The average molecular weight is 446 g/mol. The van der Waals surface area contributed by atoms with Gasteiger partial charge in [-0.3, -0.25) is 9.47 Å². The van der Waals surface area contributed by atoms with Crippen molar-refractivity contribution in [2.75, 3.05) is 7.11 Å². The molecule has 0 spiro atoms. The van der Waals surface area contributed by atoms with E-state index in [1.807, 2.05) is 52.0 Å². The van der Waals surface area contributed by atoms with Crippen LogP contribution in [0.3, 0.4) is 0 Å². The number of aromatic nitrogens is 1. The first kappa shape index (κ1) is 22.9. The molecule has 2 aromatic carbocycles. The van der Waals surface area contributed by atoms with Gasteiger partial charge < -0.3 is 9.47 Å². The van der Waals surface area contributed by atoms with E-state index in [4.69, 9.17) is 9.47 Å². The maximum atomic E-state index is 12.9. The third kappa shape index (κ3) is 3.98. The third-order valence-corrected chi connectivity index (χ3v) is 6.44. The number of hydrogen-bond donors (Lipinski definition) is 0. The predicted octanol–water partition coefficient (Wildman–Crippen LogP) is 5.86. The fraction of sp³-hybridized carbons (Fsp3) is 0.407. The standard InChI is InChI=1S/C27H31N3O3/c1-17-12-23(32-7)21(20-10-11-30(24(17)20)25(31)33-26(2,3)4)16-29-15-19-9-8-18(14-28)13-22(19)27(29,5)6/h8-13H,15-16H2,1-7H3. The molecule has 0 radical (unpaired) electrons. The van der Waals surface area contributed by atoms with Crippen LogP contribution < -0.4 is 4.74 Å². The van der Waals surface area contributed by atoms with Gasteiger partial charge in [-0.15, -0.1) is 0 Å². The number of fused-ring (bicyclic) bond motifs is 2. The zero-order chi connectivity index (χ0) is 24.1. The largest absolute Gasteiger partial charge is 0.496 e. The highest BCUT2D eigenvalue weighted by atomic mass is 16.6. The van der Waals surface area contributed by atoms with Gasteiger partial charge in [0.15, 0.2) is 0 Å². The Balaban J connectivity index is 1.78. The minimum absolute atomic E-state index is 0.252. The summed E-state index contributed by atoms with van der Waals surface area (Å²) in [5, 5.41) is 10.3. The van der Waals surface area contributed by atoms with Crippen LogP contribution >= 0.6 is 0 Å². The highest BCUT2D eigenvalue weighted by Gasteiger charge is 2.38. The lowest BCUT2D eigenvalue weighted by Gasteiger charge is -2.33. The van der Waals surface area contributed by atoms with E-state index in [1.165, 1.54) is 11.1 Å². The summed E-state index contributed by atoms with van der Waals surface area (Å²) in [7, 11) is 1.68. The van der Waals surface area contributed by atoms with E-state index < -0.39 is 11.7 Å². The molecular weight excluding hydrogens is 414 g/mol. The maximum Gasteiger partial charge on any atom is 0.419 e. The summed E-state index contributed by atoms with van der Waals surface area (Å²) in [5.74, 6) is 0.798. The fourth-order valence-electron chi connectivity index (χ4n) is 4.74. The Morgan fingerprint density at radius 2 is 1.94 bits per heavy atom. The van der Waals surface area contributed by atoms with Crippen LogP contribution in [0.15, 0.2) is 36.5 Å². The first-order chi connectivity index (χ1) is 15.5. The highest BCUT2D eigenvalue weighted by Crippen LogP contribution is 2.42. The van der Waals surface area contributed by atoms with Gasteiger partial charge in [-0.2, -0.15) is 5.26 Å². The van der Waals surface area contributed by atoms with E-state index in [0.29, 0.717) is 12.1 Å². The van der Waals surface area contributed by atoms with Gasteiger partial charge in [0.2, 0.25) is 0 Å². The Hall–Kier alpha value is -3.30. The number of rotatable bonds is 3. The lowest BCUT2D eigenvalue weighted by atomic mass is 9.92. The van der Waals surface area contributed by atoms with Gasteiger partial charge in [-0.05, 0) is 82.5 Å². The molecule has 0 saturated heterocycles. The molecule has 6 nitrogen and oxygen atoms in total. The smallest absolute Gasteiger partial charge is 0.419 e. The summed E-state index contributed by atoms with van der Waals surface area (Å²) in [5.41, 5.74) is 5.06. The number of aryl methyl sites for hydroxylation is 1. The first-order valence-corrected chi connectivity index (χ1v) is 11.2. The summed E-state index contributed by atoms with van der Waals surface area (Å²) >= 11 is 0. The quantitative estimate of drug-likeness (QED) is 0.505. The van der Waals surface area contributed by atoms with Gasteiger partial charge >= 0.3 is 6.09 Å². The molecule has 0 N–H and O–H groups in total. The van der Waals surface area contributed by atoms with Crippen molar-refractivity contribution in [2.45, 2.75) is 65.8 Å². The molecule has 0 bridgehead atoms. The van der Waals surface area contributed by atoms with Gasteiger partial charge in [0.1, 0.15) is 11.4 Å². The lowest BCUT2D eigenvalue weighted by Crippen LogP contribution is -2.35. The monoisotopic (exact) mass is 445 g/mol. The molecule has 2 heterocycles. The number of ether oxygens (including phenoxy) is 2. The van der Waals surface area contributed by atoms with Crippen LogP contribution in [0.1, 0.15) is 62.4 Å². The molecule has 0 saturated carbocycles. The van der Waals surface area contributed by atoms with E-state index in [2.05, 4.69) is 30.9 Å². The third-order valence-electron chi connectivity index (χ3n) is 6.44. The molecule has 0 fully saturated rings. The summed E-state index contributed by atoms with van der Waals surface area (Å²) < 4.78 is 13.0. The molecule has 0 unspecified atom stereocenters. The van der Waals surface area contributed by atoms with Crippen molar-refractivity contribution in [3.63, 3.8) is 0 Å². The number of carbonyl (C=O) groups is 1. The summed E-state index contributed by atoms with van der Waals surface area (Å²) in [6, 6.07) is 12.1. The number of carbonyl (C=O) groups excluding carboxylic acids is 1. The second-order valence-electron chi connectivity index (χ2n) is 10.2. The number of nitriles is 1. The van der Waals surface area contributed by atoms with Crippen LogP contribution in [0, 0.1) is 18.3 Å². The molecule has 6 heteroatoms. The van der Waals surface area contributed by atoms with E-state index in [-0.39, 0.29) is 5.54 Å². The number of hydrogen-bond acceptors (Lipinski definition) is 5. The van der Waals surface area contributed by atoms with Gasteiger partial charge in [-0.25, -0.2) is 4.79 Å². The Morgan fingerprint density at radius 3 is 2.58 bits per heavy atom. The molecule has 4 rings (SSSR count). The van der Waals surface area contributed by atoms with Crippen LogP contribution in [-0.2, 0) is 23.4 Å². The number of nitrogens with zero attached hydrogens (tertiary/aromatic N) is 3. The van der Waals surface area contributed by atoms with Crippen molar-refractivity contribution in [2.24, 2.45) is 0 Å². The molecule has 172 valence electrons. The molecule has 1 aliphatic rings. The Bertz CT molecular complexity index is 1290. The number of benzene rings is 2. The Labute approximate surface area is 195 Å². The van der Waals surface area contributed by atoms with Crippen LogP contribution in [0.5, 0.6) is 5.75 Å². The molecular formula is C27H31N3O3. The predicted molar refractivity (Wildman–Crippen MR) is 128 cm³/mol. The normalized spacial score (nSPS) is 15.3. The van der Waals surface area contributed by atoms with Crippen molar-refractivity contribution in [1.82, 2.24) is 9.47 Å². The zero-order valence-electron chi connectivity index (χ0n) is 20.4. The fourth-order valence-corrected chi connectivity index (χ4v) is 4.74. The van der Waals surface area contributed by atoms with Crippen LogP contribution in [-0.4, -0.2) is 28.3 Å². The molecule has 0 atom stereocenters. The summed E-state index contributed by atoms with van der Waals surface area (Å²) in [4.78, 5) is 15.3. The zero-order valence-corrected chi connectivity index (χ0v) is 20.4. The van der Waals surface area contributed by atoms with Crippen molar-refractivity contribution < 1.29 is 14.3 Å². The van der Waals surface area contributed by atoms with Crippen molar-refractivity contribution in [1.29, 1.82) is 5.26 Å². The van der Waals surface area contributed by atoms with E-state index >= 15 is 0 Å². The molecule has 33 heavy (non-hydrogen) atoms. The van der Waals surface area contributed by atoms with Crippen molar-refractivity contribution in [3.8, 4) is 11.8 Å². The molecule has 0 aliphatic carbocycles. The van der Waals surface area contributed by atoms with Crippen LogP contribution in [0.25, 0.3) is 10.9 Å². The molecule has 0 amide bonds. The number of methoxy groups -OCH3 is 1. The van der Waals surface area contributed by atoms with Crippen molar-refractivity contribution in [3.05, 3.63) is 64.3 Å². The van der Waals surface area contributed by atoms with Gasteiger partial charge in [0, 0.05) is 35.8 Å². The molecule has 1 aliphatic heterocycles. The van der Waals surface area contributed by atoms with Crippen LogP contribution in [0.2, 0.25) is 0 Å². The SMILES string of the molecule is COc1cc(C)c2c(ccn2C(=O)OC(C)(C)C)c1CN1Cc2ccc(C#N)cc2C1(C)C. The van der Waals surface area contributed by atoms with Crippen LogP contribution in [0.4, 0.5) is 4.79 Å². The van der Waals surface area contributed by atoms with E-state index in [1.54, 1.807) is 17.9 Å².